The molecule has 0 radical (unpaired) electrons. The van der Waals surface area contributed by atoms with Gasteiger partial charge in [0, 0.05) is 16.3 Å². The molecule has 3 aromatic rings. The van der Waals surface area contributed by atoms with E-state index in [-0.39, 0.29) is 16.7 Å². The Morgan fingerprint density at radius 1 is 1.06 bits per heavy atom. The summed E-state index contributed by atoms with van der Waals surface area (Å²) in [6.07, 6.45) is -0.794. The smallest absolute Gasteiger partial charge is 0.265 e. The number of carbonyl (C=O) groups is 1. The zero-order valence-electron chi connectivity index (χ0n) is 16.7. The molecule has 0 saturated heterocycles. The molecule has 10 heteroatoms. The van der Waals surface area contributed by atoms with E-state index < -0.39 is 15.9 Å². The highest BCUT2D eigenvalue weighted by atomic mass is 35.5. The summed E-state index contributed by atoms with van der Waals surface area (Å²) in [7, 11) is -3.40. The topological polar surface area (TPSA) is 98.2 Å². The molecule has 1 atom stereocenters. The maximum atomic E-state index is 12.4. The van der Waals surface area contributed by atoms with Crippen molar-refractivity contribution in [3.05, 3.63) is 64.6 Å². The first-order valence-electron chi connectivity index (χ1n) is 9.29. The number of anilines is 1. The third kappa shape index (κ3) is 5.72. The van der Waals surface area contributed by atoms with Crippen LogP contribution in [-0.2, 0) is 14.6 Å². The van der Waals surface area contributed by atoms with Gasteiger partial charge < -0.3 is 10.1 Å². The van der Waals surface area contributed by atoms with Crippen LogP contribution in [0.5, 0.6) is 5.75 Å². The SMILES string of the molecule is CCS(=O)(=O)c1ccc(-c2ccc(NC(=O)C(C)Oc3ccc(Cl)cc3Cl)cc2)nn1. The monoisotopic (exact) mass is 479 g/mol. The molecule has 1 unspecified atom stereocenters. The Hall–Kier alpha value is -2.68. The molecule has 3 rings (SSSR count). The van der Waals surface area contributed by atoms with Gasteiger partial charge in [-0.3, -0.25) is 4.79 Å². The lowest BCUT2D eigenvalue weighted by Gasteiger charge is -2.16. The van der Waals surface area contributed by atoms with Gasteiger partial charge in [-0.1, -0.05) is 42.3 Å². The van der Waals surface area contributed by atoms with E-state index in [1.165, 1.54) is 12.1 Å². The van der Waals surface area contributed by atoms with Gasteiger partial charge in [-0.2, -0.15) is 0 Å². The number of halogens is 2. The molecule has 31 heavy (non-hydrogen) atoms. The summed E-state index contributed by atoms with van der Waals surface area (Å²) >= 11 is 11.9. The predicted molar refractivity (Wildman–Crippen MR) is 120 cm³/mol. The fourth-order valence-corrected chi connectivity index (χ4v) is 3.76. The number of hydrogen-bond acceptors (Lipinski definition) is 6. The minimum absolute atomic E-state index is 0.0399. The average Bonchev–Trinajstić information content (AvgIpc) is 2.76. The van der Waals surface area contributed by atoms with Gasteiger partial charge in [0.2, 0.25) is 0 Å². The molecule has 1 N–H and O–H groups in total. The van der Waals surface area contributed by atoms with E-state index in [1.54, 1.807) is 56.3 Å². The van der Waals surface area contributed by atoms with E-state index in [4.69, 9.17) is 27.9 Å². The van der Waals surface area contributed by atoms with Gasteiger partial charge in [0.05, 0.1) is 16.5 Å². The highest BCUT2D eigenvalue weighted by Crippen LogP contribution is 2.28. The van der Waals surface area contributed by atoms with Gasteiger partial charge in [0.25, 0.3) is 5.91 Å². The summed E-state index contributed by atoms with van der Waals surface area (Å²) < 4.78 is 29.3. The summed E-state index contributed by atoms with van der Waals surface area (Å²) in [6, 6.07) is 14.7. The van der Waals surface area contributed by atoms with Gasteiger partial charge in [-0.25, -0.2) is 8.42 Å². The zero-order chi connectivity index (χ0) is 22.6. The molecule has 162 valence electrons. The highest BCUT2D eigenvalue weighted by molar-refractivity contribution is 7.91. The Bertz CT molecular complexity index is 1180. The van der Waals surface area contributed by atoms with Crippen LogP contribution in [0.1, 0.15) is 13.8 Å². The highest BCUT2D eigenvalue weighted by Gasteiger charge is 2.17. The second kappa shape index (κ2) is 9.64. The number of benzene rings is 2. The molecule has 0 saturated carbocycles. The molecule has 1 aromatic heterocycles. The third-order valence-corrected chi connectivity index (χ3v) is 6.50. The van der Waals surface area contributed by atoms with Gasteiger partial charge in [0.1, 0.15) is 5.75 Å². The standard InChI is InChI=1S/C21H19Cl2N3O4S/c1-3-31(28,29)20-11-9-18(25-26-20)14-4-7-16(8-5-14)24-21(27)13(2)30-19-10-6-15(22)12-17(19)23/h4-13H,3H2,1-2H3,(H,24,27). The van der Waals surface area contributed by atoms with E-state index in [2.05, 4.69) is 15.5 Å². The summed E-state index contributed by atoms with van der Waals surface area (Å²) in [5.41, 5.74) is 1.80. The zero-order valence-corrected chi connectivity index (χ0v) is 19.0. The van der Waals surface area contributed by atoms with Crippen molar-refractivity contribution in [3.63, 3.8) is 0 Å². The molecule has 7 nitrogen and oxygen atoms in total. The normalized spacial score (nSPS) is 12.3. The Balaban J connectivity index is 1.65. The average molecular weight is 480 g/mol. The number of ether oxygens (including phenoxy) is 1. The Kier molecular flexibility index (Phi) is 7.15. The number of sulfone groups is 1. The molecule has 0 fully saturated rings. The lowest BCUT2D eigenvalue weighted by molar-refractivity contribution is -0.122. The van der Waals surface area contributed by atoms with Crippen molar-refractivity contribution < 1.29 is 17.9 Å². The molecular formula is C21H19Cl2N3O4S. The molecule has 1 heterocycles. The van der Waals surface area contributed by atoms with Crippen LogP contribution in [0.2, 0.25) is 10.0 Å². The van der Waals surface area contributed by atoms with Crippen molar-refractivity contribution >= 4 is 44.6 Å². The first kappa shape index (κ1) is 23.0. The molecule has 0 aliphatic heterocycles. The van der Waals surface area contributed by atoms with Crippen LogP contribution in [0.25, 0.3) is 11.3 Å². The van der Waals surface area contributed by atoms with E-state index in [0.29, 0.717) is 27.2 Å². The van der Waals surface area contributed by atoms with E-state index >= 15 is 0 Å². The van der Waals surface area contributed by atoms with Crippen molar-refractivity contribution in [2.75, 3.05) is 11.1 Å². The molecule has 2 aromatic carbocycles. The van der Waals surface area contributed by atoms with Crippen LogP contribution in [0.4, 0.5) is 5.69 Å². The predicted octanol–water partition coefficient (Wildman–Crippen LogP) is 4.65. The van der Waals surface area contributed by atoms with Gasteiger partial charge in [-0.15, -0.1) is 10.2 Å². The van der Waals surface area contributed by atoms with Crippen molar-refractivity contribution in [3.8, 4) is 17.0 Å². The fourth-order valence-electron chi connectivity index (χ4n) is 2.57. The molecular weight excluding hydrogens is 461 g/mol. The Morgan fingerprint density at radius 2 is 1.77 bits per heavy atom. The molecule has 0 aliphatic carbocycles. The van der Waals surface area contributed by atoms with E-state index in [1.807, 2.05) is 0 Å². The van der Waals surface area contributed by atoms with Gasteiger partial charge in [-0.05, 0) is 49.4 Å². The summed E-state index contributed by atoms with van der Waals surface area (Å²) in [5.74, 6) is -0.0363. The van der Waals surface area contributed by atoms with E-state index in [0.717, 1.165) is 5.56 Å². The van der Waals surface area contributed by atoms with Crippen molar-refractivity contribution in [1.29, 1.82) is 0 Å². The fraction of sp³-hybridized carbons (Fsp3) is 0.190. The summed E-state index contributed by atoms with van der Waals surface area (Å²) in [6.45, 7) is 3.16. The van der Waals surface area contributed by atoms with Crippen molar-refractivity contribution in [1.82, 2.24) is 10.2 Å². The summed E-state index contributed by atoms with van der Waals surface area (Å²) in [4.78, 5) is 12.4. The minimum Gasteiger partial charge on any atom is -0.479 e. The molecule has 0 aliphatic rings. The number of amides is 1. The van der Waals surface area contributed by atoms with Crippen LogP contribution < -0.4 is 10.1 Å². The van der Waals surface area contributed by atoms with Gasteiger partial charge >= 0.3 is 0 Å². The number of aromatic nitrogens is 2. The first-order chi connectivity index (χ1) is 14.7. The number of nitrogens with one attached hydrogen (secondary N) is 1. The van der Waals surface area contributed by atoms with Crippen LogP contribution in [-0.4, -0.2) is 36.4 Å². The van der Waals surface area contributed by atoms with Crippen molar-refractivity contribution in [2.24, 2.45) is 0 Å². The Labute approximate surface area is 190 Å². The number of rotatable bonds is 7. The number of nitrogens with zero attached hydrogens (tertiary/aromatic N) is 2. The lowest BCUT2D eigenvalue weighted by atomic mass is 10.1. The molecule has 0 bridgehead atoms. The van der Waals surface area contributed by atoms with Crippen LogP contribution in [0, 0.1) is 0 Å². The maximum Gasteiger partial charge on any atom is 0.265 e. The lowest BCUT2D eigenvalue weighted by Crippen LogP contribution is -2.30. The van der Waals surface area contributed by atoms with Crippen LogP contribution >= 0.6 is 23.2 Å². The molecule has 1 amide bonds. The number of carbonyl (C=O) groups excluding carboxylic acids is 1. The number of hydrogen-bond donors (Lipinski definition) is 1. The van der Waals surface area contributed by atoms with Gasteiger partial charge in [0.15, 0.2) is 21.0 Å². The molecule has 0 spiro atoms. The van der Waals surface area contributed by atoms with E-state index in [9.17, 15) is 13.2 Å². The Morgan fingerprint density at radius 3 is 2.35 bits per heavy atom. The second-order valence-electron chi connectivity index (χ2n) is 6.56. The quantitative estimate of drug-likeness (QED) is 0.529. The third-order valence-electron chi connectivity index (χ3n) is 4.35. The van der Waals surface area contributed by atoms with Crippen LogP contribution in [0.3, 0.4) is 0 Å². The van der Waals surface area contributed by atoms with Crippen LogP contribution in [0.15, 0.2) is 59.6 Å². The first-order valence-corrected chi connectivity index (χ1v) is 11.7. The maximum absolute atomic E-state index is 12.4. The summed E-state index contributed by atoms with van der Waals surface area (Å²) in [5, 5.41) is 11.3. The largest absolute Gasteiger partial charge is 0.479 e. The minimum atomic E-state index is -3.40. The second-order valence-corrected chi connectivity index (χ2v) is 9.63. The van der Waals surface area contributed by atoms with Crippen molar-refractivity contribution in [2.45, 2.75) is 25.0 Å².